The molecule has 0 aliphatic carbocycles. The van der Waals surface area contributed by atoms with Crippen molar-refractivity contribution < 1.29 is 4.74 Å². The Hall–Kier alpha value is -0.650. The molecule has 1 nitrogen and oxygen atoms in total. The van der Waals surface area contributed by atoms with Gasteiger partial charge in [0, 0.05) is 21.0 Å². The lowest BCUT2D eigenvalue weighted by Gasteiger charge is -2.00. The molecule has 0 radical (unpaired) electrons. The van der Waals surface area contributed by atoms with Crippen LogP contribution in [0.15, 0.2) is 24.3 Å². The first-order valence-electron chi connectivity index (χ1n) is 3.30. The summed E-state index contributed by atoms with van der Waals surface area (Å²) in [6.45, 7) is 0.382. The summed E-state index contributed by atoms with van der Waals surface area (Å²) in [6, 6.07) is 7.16. The molecule has 3 heteroatoms. The van der Waals surface area contributed by atoms with Crippen LogP contribution in [0.4, 0.5) is 0 Å². The summed E-state index contributed by atoms with van der Waals surface area (Å²) in [6.07, 6.45) is 0. The van der Waals surface area contributed by atoms with Gasteiger partial charge in [0.05, 0.1) is 0 Å². The highest BCUT2D eigenvalue weighted by atomic mass is 79.9. The fourth-order valence-electron chi connectivity index (χ4n) is 0.678. The number of halogens is 2. The summed E-state index contributed by atoms with van der Waals surface area (Å²) in [7, 11) is 0. The Morgan fingerprint density at radius 1 is 1.33 bits per heavy atom. The van der Waals surface area contributed by atoms with Gasteiger partial charge in [0.15, 0.2) is 0 Å². The lowest BCUT2D eigenvalue weighted by Crippen LogP contribution is -1.92. The fourth-order valence-corrected chi connectivity index (χ4v) is 0.918. The summed E-state index contributed by atoms with van der Waals surface area (Å²) in [4.78, 5) is 2.56. The lowest BCUT2D eigenvalue weighted by atomic mass is 10.3. The number of benzene rings is 1. The summed E-state index contributed by atoms with van der Waals surface area (Å²) >= 11 is 8.65. The Kier molecular flexibility index (Phi) is 3.99. The van der Waals surface area contributed by atoms with Crippen molar-refractivity contribution in [1.29, 1.82) is 0 Å². The van der Waals surface area contributed by atoms with Crippen molar-refractivity contribution in [2.45, 2.75) is 0 Å². The average molecular weight is 246 g/mol. The second kappa shape index (κ2) is 5.08. The van der Waals surface area contributed by atoms with E-state index in [1.807, 2.05) is 0 Å². The topological polar surface area (TPSA) is 9.23 Å². The van der Waals surface area contributed by atoms with Crippen molar-refractivity contribution in [2.24, 2.45) is 0 Å². The molecule has 62 valence electrons. The van der Waals surface area contributed by atoms with E-state index in [0.717, 1.165) is 5.75 Å². The summed E-state index contributed by atoms with van der Waals surface area (Å²) in [5.74, 6) is 3.50. The number of ether oxygens (including phenoxy) is 1. The van der Waals surface area contributed by atoms with Crippen LogP contribution in [0, 0.1) is 10.8 Å². The van der Waals surface area contributed by atoms with Crippen molar-refractivity contribution in [3.8, 4) is 16.5 Å². The molecule has 1 rings (SSSR count). The molecule has 0 N–H and O–H groups in total. The normalized spacial score (nSPS) is 8.50. The molecule has 12 heavy (non-hydrogen) atoms. The lowest BCUT2D eigenvalue weighted by molar-refractivity contribution is 0.370. The van der Waals surface area contributed by atoms with Crippen molar-refractivity contribution in [2.75, 3.05) is 6.61 Å². The number of rotatable bonds is 2. The van der Waals surface area contributed by atoms with Crippen LogP contribution in [-0.2, 0) is 0 Å². The third kappa shape index (κ3) is 3.17. The van der Waals surface area contributed by atoms with E-state index in [2.05, 4.69) is 26.7 Å². The van der Waals surface area contributed by atoms with E-state index < -0.39 is 0 Å². The van der Waals surface area contributed by atoms with Crippen molar-refractivity contribution >= 4 is 27.5 Å². The van der Waals surface area contributed by atoms with Crippen LogP contribution in [0.3, 0.4) is 0 Å². The molecule has 0 unspecified atom stereocenters. The van der Waals surface area contributed by atoms with Crippen molar-refractivity contribution in [3.05, 3.63) is 29.3 Å². The predicted octanol–water partition coefficient (Wildman–Crippen LogP) is 3.07. The zero-order valence-corrected chi connectivity index (χ0v) is 8.52. The molecular formula is C9H6BrClO. The van der Waals surface area contributed by atoms with Crippen LogP contribution in [0.25, 0.3) is 0 Å². The fraction of sp³-hybridized carbons (Fsp3) is 0.111. The Balaban J connectivity index is 2.51. The van der Waals surface area contributed by atoms with E-state index in [1.54, 1.807) is 24.3 Å². The van der Waals surface area contributed by atoms with Gasteiger partial charge < -0.3 is 4.74 Å². The first kappa shape index (κ1) is 9.44. The standard InChI is InChI=1S/C9H6BrClO/c10-6-1-7-12-9-4-2-8(11)3-5-9/h2-5H,7H2. The number of hydrogen-bond acceptors (Lipinski definition) is 1. The van der Waals surface area contributed by atoms with Crippen LogP contribution in [0.2, 0.25) is 5.02 Å². The monoisotopic (exact) mass is 244 g/mol. The van der Waals surface area contributed by atoms with Gasteiger partial charge in [-0.3, -0.25) is 0 Å². The molecule has 0 atom stereocenters. The second-order valence-corrected chi connectivity index (χ2v) is 2.85. The summed E-state index contributed by atoms with van der Waals surface area (Å²) in [5, 5.41) is 0.703. The predicted molar refractivity (Wildman–Crippen MR) is 53.7 cm³/mol. The first-order chi connectivity index (χ1) is 5.83. The molecule has 0 heterocycles. The molecule has 0 fully saturated rings. The summed E-state index contributed by atoms with van der Waals surface area (Å²) < 4.78 is 5.24. The van der Waals surface area contributed by atoms with Gasteiger partial charge in [-0.25, -0.2) is 0 Å². The molecule has 0 saturated carbocycles. The maximum absolute atomic E-state index is 5.68. The minimum Gasteiger partial charge on any atom is -0.481 e. The van der Waals surface area contributed by atoms with E-state index >= 15 is 0 Å². The minimum atomic E-state index is 0.382. The zero-order valence-electron chi connectivity index (χ0n) is 6.18. The van der Waals surface area contributed by atoms with Crippen LogP contribution >= 0.6 is 27.5 Å². The van der Waals surface area contributed by atoms with E-state index in [4.69, 9.17) is 16.3 Å². The molecule has 0 aromatic heterocycles. The third-order valence-corrected chi connectivity index (χ3v) is 1.72. The third-order valence-electron chi connectivity index (χ3n) is 1.19. The molecule has 0 aliphatic rings. The van der Waals surface area contributed by atoms with Gasteiger partial charge in [-0.15, -0.1) is 0 Å². The maximum atomic E-state index is 5.68. The van der Waals surface area contributed by atoms with Crippen molar-refractivity contribution in [1.82, 2.24) is 0 Å². The van der Waals surface area contributed by atoms with Gasteiger partial charge in [0.25, 0.3) is 0 Å². The smallest absolute Gasteiger partial charge is 0.149 e. The van der Waals surface area contributed by atoms with Crippen LogP contribution in [0.1, 0.15) is 0 Å². The Labute approximate surface area is 84.8 Å². The first-order valence-corrected chi connectivity index (χ1v) is 4.47. The van der Waals surface area contributed by atoms with Crippen LogP contribution < -0.4 is 4.74 Å². The highest BCUT2D eigenvalue weighted by molar-refractivity contribution is 9.12. The van der Waals surface area contributed by atoms with Crippen LogP contribution in [-0.4, -0.2) is 6.61 Å². The Morgan fingerprint density at radius 3 is 2.58 bits per heavy atom. The molecule has 1 aromatic carbocycles. The minimum absolute atomic E-state index is 0.382. The average Bonchev–Trinajstić information content (AvgIpc) is 2.09. The van der Waals surface area contributed by atoms with E-state index in [0.29, 0.717) is 11.6 Å². The molecule has 0 amide bonds. The van der Waals surface area contributed by atoms with E-state index in [9.17, 15) is 0 Å². The molecule has 0 aliphatic heterocycles. The number of hydrogen-bond donors (Lipinski definition) is 0. The molecule has 0 bridgehead atoms. The van der Waals surface area contributed by atoms with E-state index in [-0.39, 0.29) is 0 Å². The van der Waals surface area contributed by atoms with Gasteiger partial charge in [-0.1, -0.05) is 11.6 Å². The molecule has 0 spiro atoms. The van der Waals surface area contributed by atoms with E-state index in [1.165, 1.54) is 0 Å². The van der Waals surface area contributed by atoms with Gasteiger partial charge in [-0.2, -0.15) is 0 Å². The second-order valence-electron chi connectivity index (χ2n) is 2.01. The SMILES string of the molecule is Clc1ccc(OCC#CBr)cc1. The highest BCUT2D eigenvalue weighted by Crippen LogP contribution is 2.14. The molecular weight excluding hydrogens is 239 g/mol. The van der Waals surface area contributed by atoms with Crippen molar-refractivity contribution in [3.63, 3.8) is 0 Å². The van der Waals surface area contributed by atoms with Gasteiger partial charge >= 0.3 is 0 Å². The van der Waals surface area contributed by atoms with Gasteiger partial charge in [0.1, 0.15) is 12.4 Å². The van der Waals surface area contributed by atoms with Gasteiger partial charge in [-0.05, 0) is 35.0 Å². The largest absolute Gasteiger partial charge is 0.481 e. The highest BCUT2D eigenvalue weighted by Gasteiger charge is 1.90. The molecule has 0 saturated heterocycles. The summed E-state index contributed by atoms with van der Waals surface area (Å²) in [5.41, 5.74) is 0. The quantitative estimate of drug-likeness (QED) is 0.728. The zero-order chi connectivity index (χ0) is 8.81. The Morgan fingerprint density at radius 2 is 2.00 bits per heavy atom. The Bertz CT molecular complexity index is 297. The van der Waals surface area contributed by atoms with Gasteiger partial charge in [0.2, 0.25) is 0 Å². The van der Waals surface area contributed by atoms with Crippen LogP contribution in [0.5, 0.6) is 5.75 Å². The molecule has 1 aromatic rings. The maximum Gasteiger partial charge on any atom is 0.149 e.